The van der Waals surface area contributed by atoms with Crippen molar-refractivity contribution in [2.45, 2.75) is 23.2 Å². The van der Waals surface area contributed by atoms with E-state index >= 15 is 8.78 Å². The maximum Gasteiger partial charge on any atom is 0.355 e. The second-order valence-electron chi connectivity index (χ2n) is 5.20. The Kier molecular flexibility index (Phi) is 2.90. The molecule has 0 aromatic heterocycles. The summed E-state index contributed by atoms with van der Waals surface area (Å²) in [7, 11) is 0. The molecule has 1 aliphatic rings. The van der Waals surface area contributed by atoms with Gasteiger partial charge in [-0.3, -0.25) is 0 Å². The van der Waals surface area contributed by atoms with Crippen molar-refractivity contribution in [2.24, 2.45) is 0 Å². The fourth-order valence-corrected chi connectivity index (χ4v) is 2.90. The van der Waals surface area contributed by atoms with Crippen molar-refractivity contribution < 1.29 is 26.3 Å². The van der Waals surface area contributed by atoms with Gasteiger partial charge in [0.2, 0.25) is 11.3 Å². The molecule has 2 aromatic rings. The maximum atomic E-state index is 15.0. The molecule has 2 atom stereocenters. The van der Waals surface area contributed by atoms with E-state index in [2.05, 4.69) is 0 Å². The Morgan fingerprint density at radius 3 is 1.00 bits per heavy atom. The SMILES string of the molecule is FC1(F)C(F)(F)C(F)(c2ccccc2)C1(F)c1ccccc1. The van der Waals surface area contributed by atoms with Crippen molar-refractivity contribution in [1.82, 2.24) is 0 Å². The first-order valence-electron chi connectivity index (χ1n) is 6.46. The van der Waals surface area contributed by atoms with Crippen LogP contribution in [0.25, 0.3) is 0 Å². The molecule has 6 heteroatoms. The van der Waals surface area contributed by atoms with E-state index in [1.165, 1.54) is 36.4 Å². The summed E-state index contributed by atoms with van der Waals surface area (Å²) in [5, 5.41) is 0. The smallest absolute Gasteiger partial charge is 0.227 e. The first kappa shape index (κ1) is 14.9. The van der Waals surface area contributed by atoms with Gasteiger partial charge in [0.25, 0.3) is 0 Å². The quantitative estimate of drug-likeness (QED) is 0.684. The van der Waals surface area contributed by atoms with Gasteiger partial charge < -0.3 is 0 Å². The Labute approximate surface area is 122 Å². The van der Waals surface area contributed by atoms with Gasteiger partial charge in [-0.15, -0.1) is 0 Å². The topological polar surface area (TPSA) is 0 Å². The molecule has 1 saturated carbocycles. The number of hydrogen-bond donors (Lipinski definition) is 0. The molecule has 0 heterocycles. The van der Waals surface area contributed by atoms with Crippen LogP contribution in [0.1, 0.15) is 11.1 Å². The average Bonchev–Trinajstić information content (AvgIpc) is 2.54. The number of hydrogen-bond acceptors (Lipinski definition) is 0. The number of halogens is 6. The third kappa shape index (κ3) is 1.36. The van der Waals surface area contributed by atoms with Crippen LogP contribution in [0.5, 0.6) is 0 Å². The van der Waals surface area contributed by atoms with Crippen LogP contribution in [-0.2, 0) is 11.3 Å². The molecule has 0 radical (unpaired) electrons. The van der Waals surface area contributed by atoms with E-state index in [0.717, 1.165) is 24.3 Å². The Morgan fingerprint density at radius 2 is 0.727 bits per heavy atom. The van der Waals surface area contributed by atoms with E-state index in [-0.39, 0.29) is 0 Å². The molecule has 0 aliphatic heterocycles. The van der Waals surface area contributed by atoms with E-state index in [0.29, 0.717) is 0 Å². The van der Waals surface area contributed by atoms with Crippen LogP contribution in [0, 0.1) is 0 Å². The van der Waals surface area contributed by atoms with Gasteiger partial charge in [0.1, 0.15) is 0 Å². The van der Waals surface area contributed by atoms with E-state index in [1.54, 1.807) is 0 Å². The zero-order valence-corrected chi connectivity index (χ0v) is 11.0. The zero-order valence-electron chi connectivity index (χ0n) is 11.0. The Bertz CT molecular complexity index is 623. The molecule has 1 aliphatic carbocycles. The van der Waals surface area contributed by atoms with E-state index in [1.807, 2.05) is 0 Å². The molecule has 0 nitrogen and oxygen atoms in total. The van der Waals surface area contributed by atoms with Gasteiger partial charge in [-0.1, -0.05) is 60.7 Å². The molecule has 0 bridgehead atoms. The summed E-state index contributed by atoms with van der Waals surface area (Å²) in [6, 6.07) is 11.0. The van der Waals surface area contributed by atoms with E-state index < -0.39 is 34.3 Å². The third-order valence-corrected chi connectivity index (χ3v) is 4.08. The van der Waals surface area contributed by atoms with E-state index in [4.69, 9.17) is 0 Å². The summed E-state index contributed by atoms with van der Waals surface area (Å²) >= 11 is 0. The predicted molar refractivity (Wildman–Crippen MR) is 68.4 cm³/mol. The Hall–Kier alpha value is -1.98. The highest BCUT2D eigenvalue weighted by atomic mass is 19.3. The standard InChI is InChI=1S/C16H10F6/c17-13(11-7-3-1-4-8-11)14(18,12-9-5-2-6-10-12)16(21,22)15(13,19)20/h1-10H. The van der Waals surface area contributed by atoms with Crippen molar-refractivity contribution in [3.05, 3.63) is 71.8 Å². The Morgan fingerprint density at radius 1 is 0.455 bits per heavy atom. The molecule has 0 amide bonds. The van der Waals surface area contributed by atoms with Crippen molar-refractivity contribution >= 4 is 0 Å². The van der Waals surface area contributed by atoms with Crippen LogP contribution in [0.15, 0.2) is 60.7 Å². The number of alkyl halides is 6. The molecule has 116 valence electrons. The minimum atomic E-state index is -5.16. The largest absolute Gasteiger partial charge is 0.355 e. The van der Waals surface area contributed by atoms with Crippen LogP contribution in [0.4, 0.5) is 26.3 Å². The highest BCUT2D eigenvalue weighted by Crippen LogP contribution is 2.75. The van der Waals surface area contributed by atoms with Crippen LogP contribution in [0.2, 0.25) is 0 Å². The summed E-state index contributed by atoms with van der Waals surface area (Å²) in [6.45, 7) is 0. The van der Waals surface area contributed by atoms with Crippen molar-refractivity contribution in [1.29, 1.82) is 0 Å². The lowest BCUT2D eigenvalue weighted by Gasteiger charge is -2.58. The summed E-state index contributed by atoms with van der Waals surface area (Å²) in [5.74, 6) is -10.3. The highest BCUT2D eigenvalue weighted by molar-refractivity contribution is 5.47. The molecule has 2 aromatic carbocycles. The molecule has 0 saturated heterocycles. The number of rotatable bonds is 2. The van der Waals surface area contributed by atoms with Gasteiger partial charge in [-0.05, 0) is 11.1 Å². The fraction of sp³-hybridized carbons (Fsp3) is 0.250. The van der Waals surface area contributed by atoms with Crippen molar-refractivity contribution in [2.75, 3.05) is 0 Å². The highest BCUT2D eigenvalue weighted by Gasteiger charge is 2.98. The van der Waals surface area contributed by atoms with Gasteiger partial charge in [-0.2, -0.15) is 17.6 Å². The van der Waals surface area contributed by atoms with Crippen LogP contribution in [0.3, 0.4) is 0 Å². The molecular weight excluding hydrogens is 306 g/mol. The lowest BCUT2D eigenvalue weighted by Crippen LogP contribution is -2.82. The first-order chi connectivity index (χ1) is 10.2. The van der Waals surface area contributed by atoms with Crippen LogP contribution in [-0.4, -0.2) is 11.8 Å². The van der Waals surface area contributed by atoms with Crippen molar-refractivity contribution in [3.63, 3.8) is 0 Å². The van der Waals surface area contributed by atoms with Gasteiger partial charge in [0, 0.05) is 0 Å². The fourth-order valence-electron chi connectivity index (χ4n) is 2.90. The minimum absolute atomic E-state index is 0.822. The zero-order chi connectivity index (χ0) is 16.2. The molecule has 0 N–H and O–H groups in total. The predicted octanol–water partition coefficient (Wildman–Crippen LogP) is 5.00. The summed E-state index contributed by atoms with van der Waals surface area (Å²) < 4.78 is 85.5. The minimum Gasteiger partial charge on any atom is -0.227 e. The van der Waals surface area contributed by atoms with E-state index in [9.17, 15) is 17.6 Å². The molecule has 3 rings (SSSR count). The van der Waals surface area contributed by atoms with Crippen LogP contribution >= 0.6 is 0 Å². The van der Waals surface area contributed by atoms with Crippen LogP contribution < -0.4 is 0 Å². The second-order valence-corrected chi connectivity index (χ2v) is 5.20. The summed E-state index contributed by atoms with van der Waals surface area (Å²) in [5.41, 5.74) is -9.94. The monoisotopic (exact) mass is 316 g/mol. The molecular formula is C16H10F6. The maximum absolute atomic E-state index is 15.0. The number of benzene rings is 2. The average molecular weight is 316 g/mol. The second kappa shape index (κ2) is 4.27. The molecule has 1 fully saturated rings. The molecule has 0 spiro atoms. The molecule has 2 unspecified atom stereocenters. The summed E-state index contributed by atoms with van der Waals surface area (Å²) in [4.78, 5) is 0. The van der Waals surface area contributed by atoms with Gasteiger partial charge >= 0.3 is 11.8 Å². The normalized spacial score (nSPS) is 32.3. The third-order valence-electron chi connectivity index (χ3n) is 4.08. The lowest BCUT2D eigenvalue weighted by molar-refractivity contribution is -0.451. The first-order valence-corrected chi connectivity index (χ1v) is 6.46. The summed E-state index contributed by atoms with van der Waals surface area (Å²) in [6.07, 6.45) is 0. The van der Waals surface area contributed by atoms with Gasteiger partial charge in [-0.25, -0.2) is 8.78 Å². The van der Waals surface area contributed by atoms with Gasteiger partial charge in [0.05, 0.1) is 0 Å². The van der Waals surface area contributed by atoms with Crippen molar-refractivity contribution in [3.8, 4) is 0 Å². The molecule has 22 heavy (non-hydrogen) atoms. The Balaban J connectivity index is 2.28. The van der Waals surface area contributed by atoms with Gasteiger partial charge in [0.15, 0.2) is 0 Å². The lowest BCUT2D eigenvalue weighted by atomic mass is 9.56.